The number of carbonyl (C=O) groups is 2. The van der Waals surface area contributed by atoms with Crippen molar-refractivity contribution in [3.05, 3.63) is 23.8 Å². The second-order valence-electron chi connectivity index (χ2n) is 4.58. The van der Waals surface area contributed by atoms with Gasteiger partial charge in [0, 0.05) is 6.54 Å². The highest BCUT2D eigenvalue weighted by Crippen LogP contribution is 2.24. The molecule has 3 amide bonds. The van der Waals surface area contributed by atoms with Crippen molar-refractivity contribution in [2.45, 2.75) is 30.9 Å². The van der Waals surface area contributed by atoms with E-state index in [1.807, 2.05) is 5.32 Å². The minimum absolute atomic E-state index is 0.0678. The number of rotatable bonds is 4. The molecule has 8 heteroatoms. The Hall–Kier alpha value is -2.09. The molecule has 0 aliphatic rings. The van der Waals surface area contributed by atoms with Crippen LogP contribution in [0.3, 0.4) is 0 Å². The standard InChI is InChI=1S/C13H19N3O4S/c1-4-15-13(18)16-12(17)9(3)21(19,20)11-7-8(2)5-6-10(11)14/h5-7,9H,4,14H2,1-3H3,(H2,15,16,17,18). The van der Waals surface area contributed by atoms with Gasteiger partial charge in [-0.05, 0) is 38.5 Å². The Morgan fingerprint density at radius 1 is 1.33 bits per heavy atom. The van der Waals surface area contributed by atoms with Gasteiger partial charge in [0.25, 0.3) is 0 Å². The van der Waals surface area contributed by atoms with Crippen molar-refractivity contribution in [2.24, 2.45) is 0 Å². The number of imide groups is 1. The highest BCUT2D eigenvalue weighted by Gasteiger charge is 2.32. The van der Waals surface area contributed by atoms with Crippen LogP contribution in [0.25, 0.3) is 0 Å². The molecule has 0 aliphatic heterocycles. The fourth-order valence-corrected chi connectivity index (χ4v) is 3.11. The summed E-state index contributed by atoms with van der Waals surface area (Å²) in [5.41, 5.74) is 6.45. The van der Waals surface area contributed by atoms with Gasteiger partial charge in [-0.1, -0.05) is 6.07 Å². The molecule has 4 N–H and O–H groups in total. The zero-order valence-electron chi connectivity index (χ0n) is 12.1. The molecule has 0 saturated heterocycles. The van der Waals surface area contributed by atoms with Crippen LogP contribution in [0.4, 0.5) is 10.5 Å². The number of nitrogens with one attached hydrogen (secondary N) is 2. The van der Waals surface area contributed by atoms with Crippen molar-refractivity contribution >= 4 is 27.5 Å². The number of sulfone groups is 1. The minimum Gasteiger partial charge on any atom is -0.398 e. The molecule has 0 heterocycles. The van der Waals surface area contributed by atoms with Crippen molar-refractivity contribution < 1.29 is 18.0 Å². The number of carbonyl (C=O) groups excluding carboxylic acids is 2. The molecule has 0 bridgehead atoms. The number of benzene rings is 1. The van der Waals surface area contributed by atoms with Crippen LogP contribution in [0.1, 0.15) is 19.4 Å². The van der Waals surface area contributed by atoms with E-state index in [4.69, 9.17) is 5.73 Å². The van der Waals surface area contributed by atoms with Crippen LogP contribution in [0, 0.1) is 6.92 Å². The Bertz CT molecular complexity index is 655. The van der Waals surface area contributed by atoms with E-state index in [9.17, 15) is 18.0 Å². The second kappa shape index (κ2) is 6.57. The maximum atomic E-state index is 12.4. The summed E-state index contributed by atoms with van der Waals surface area (Å²) in [4.78, 5) is 23.0. The third-order valence-corrected chi connectivity index (χ3v) is 5.00. The number of nitrogen functional groups attached to an aromatic ring is 1. The Balaban J connectivity index is 3.04. The van der Waals surface area contributed by atoms with Crippen molar-refractivity contribution in [3.63, 3.8) is 0 Å². The zero-order valence-corrected chi connectivity index (χ0v) is 13.0. The quantitative estimate of drug-likeness (QED) is 0.703. The number of amides is 3. The molecule has 1 rings (SSSR count). The first-order chi connectivity index (χ1) is 9.70. The number of hydrogen-bond donors (Lipinski definition) is 3. The van der Waals surface area contributed by atoms with Crippen LogP contribution in [-0.2, 0) is 14.6 Å². The average Bonchev–Trinajstić information content (AvgIpc) is 2.40. The summed E-state index contributed by atoms with van der Waals surface area (Å²) in [6.45, 7) is 4.94. The molecule has 116 valence electrons. The van der Waals surface area contributed by atoms with Gasteiger partial charge in [-0.2, -0.15) is 0 Å². The van der Waals surface area contributed by atoms with Gasteiger partial charge in [-0.15, -0.1) is 0 Å². The lowest BCUT2D eigenvalue weighted by Crippen LogP contribution is -2.45. The molecule has 1 aromatic carbocycles. The van der Waals surface area contributed by atoms with Gasteiger partial charge < -0.3 is 11.1 Å². The third kappa shape index (κ3) is 3.94. The summed E-state index contributed by atoms with van der Waals surface area (Å²) < 4.78 is 24.8. The summed E-state index contributed by atoms with van der Waals surface area (Å²) in [7, 11) is -3.97. The fraction of sp³-hybridized carbons (Fsp3) is 0.385. The Morgan fingerprint density at radius 2 is 1.95 bits per heavy atom. The highest BCUT2D eigenvalue weighted by molar-refractivity contribution is 7.93. The summed E-state index contributed by atoms with van der Waals surface area (Å²) in [6, 6.07) is 3.81. The van der Waals surface area contributed by atoms with E-state index in [1.54, 1.807) is 19.9 Å². The summed E-state index contributed by atoms with van der Waals surface area (Å²) >= 11 is 0. The predicted molar refractivity (Wildman–Crippen MR) is 79.5 cm³/mol. The molecule has 0 fully saturated rings. The number of anilines is 1. The van der Waals surface area contributed by atoms with E-state index in [-0.39, 0.29) is 10.6 Å². The van der Waals surface area contributed by atoms with Crippen LogP contribution >= 0.6 is 0 Å². The SMILES string of the molecule is CCNC(=O)NC(=O)C(C)S(=O)(=O)c1cc(C)ccc1N. The molecule has 1 aromatic rings. The Morgan fingerprint density at radius 3 is 2.52 bits per heavy atom. The first-order valence-electron chi connectivity index (χ1n) is 6.38. The van der Waals surface area contributed by atoms with E-state index < -0.39 is 27.0 Å². The van der Waals surface area contributed by atoms with Crippen molar-refractivity contribution in [1.29, 1.82) is 0 Å². The van der Waals surface area contributed by atoms with Crippen LogP contribution in [0.5, 0.6) is 0 Å². The smallest absolute Gasteiger partial charge is 0.321 e. The monoisotopic (exact) mass is 313 g/mol. The fourth-order valence-electron chi connectivity index (χ4n) is 1.64. The Kier molecular flexibility index (Phi) is 5.31. The number of hydrogen-bond acceptors (Lipinski definition) is 5. The molecule has 21 heavy (non-hydrogen) atoms. The van der Waals surface area contributed by atoms with Gasteiger partial charge in [0.15, 0.2) is 9.84 Å². The van der Waals surface area contributed by atoms with Gasteiger partial charge in [0.05, 0.1) is 10.6 Å². The van der Waals surface area contributed by atoms with Gasteiger partial charge in [-0.25, -0.2) is 13.2 Å². The number of aryl methyl sites for hydroxylation is 1. The van der Waals surface area contributed by atoms with Gasteiger partial charge in [0.2, 0.25) is 5.91 Å². The summed E-state index contributed by atoms with van der Waals surface area (Å²) in [5.74, 6) is -0.901. The summed E-state index contributed by atoms with van der Waals surface area (Å²) in [5, 5.41) is 2.91. The molecule has 7 nitrogen and oxygen atoms in total. The normalized spacial score (nSPS) is 12.5. The van der Waals surface area contributed by atoms with E-state index >= 15 is 0 Å². The molecule has 0 spiro atoms. The van der Waals surface area contributed by atoms with Crippen LogP contribution in [-0.4, -0.2) is 32.2 Å². The lowest BCUT2D eigenvalue weighted by Gasteiger charge is -2.14. The van der Waals surface area contributed by atoms with Crippen molar-refractivity contribution in [1.82, 2.24) is 10.6 Å². The van der Waals surface area contributed by atoms with E-state index in [2.05, 4.69) is 5.32 Å². The first kappa shape index (κ1) is 17.0. The predicted octanol–water partition coefficient (Wildman–Crippen LogP) is 0.585. The maximum absolute atomic E-state index is 12.4. The van der Waals surface area contributed by atoms with E-state index in [0.717, 1.165) is 0 Å². The van der Waals surface area contributed by atoms with Gasteiger partial charge in [0.1, 0.15) is 5.25 Å². The molecule has 0 aromatic heterocycles. The molecule has 0 saturated carbocycles. The Labute approximate surface area is 123 Å². The topological polar surface area (TPSA) is 118 Å². The van der Waals surface area contributed by atoms with Crippen molar-refractivity contribution in [3.8, 4) is 0 Å². The van der Waals surface area contributed by atoms with Crippen LogP contribution in [0.2, 0.25) is 0 Å². The van der Waals surface area contributed by atoms with Crippen LogP contribution < -0.4 is 16.4 Å². The molecular formula is C13H19N3O4S. The molecular weight excluding hydrogens is 294 g/mol. The average molecular weight is 313 g/mol. The van der Waals surface area contributed by atoms with Gasteiger partial charge >= 0.3 is 6.03 Å². The van der Waals surface area contributed by atoms with E-state index in [1.165, 1.54) is 19.1 Å². The van der Waals surface area contributed by atoms with Crippen LogP contribution in [0.15, 0.2) is 23.1 Å². The van der Waals surface area contributed by atoms with E-state index in [0.29, 0.717) is 12.1 Å². The zero-order chi connectivity index (χ0) is 16.2. The largest absolute Gasteiger partial charge is 0.398 e. The molecule has 1 unspecified atom stereocenters. The highest BCUT2D eigenvalue weighted by atomic mass is 32.2. The first-order valence-corrected chi connectivity index (χ1v) is 7.93. The molecule has 0 radical (unpaired) electrons. The summed E-state index contributed by atoms with van der Waals surface area (Å²) in [6.07, 6.45) is 0. The number of nitrogens with two attached hydrogens (primary N) is 1. The molecule has 0 aliphatic carbocycles. The number of urea groups is 1. The van der Waals surface area contributed by atoms with Crippen molar-refractivity contribution in [2.75, 3.05) is 12.3 Å². The lowest BCUT2D eigenvalue weighted by molar-refractivity contribution is -0.119. The lowest BCUT2D eigenvalue weighted by atomic mass is 10.2. The third-order valence-electron chi connectivity index (χ3n) is 2.88. The minimum atomic E-state index is -3.97. The van der Waals surface area contributed by atoms with Gasteiger partial charge in [-0.3, -0.25) is 10.1 Å². The maximum Gasteiger partial charge on any atom is 0.321 e. The molecule has 1 atom stereocenters. The second-order valence-corrected chi connectivity index (χ2v) is 6.81.